The molecule has 0 N–H and O–H groups in total. The van der Waals surface area contributed by atoms with E-state index in [1.807, 2.05) is 62.4 Å². The van der Waals surface area contributed by atoms with Gasteiger partial charge in [0.15, 0.2) is 5.43 Å². The number of carbonyl (C=O) groups is 1. The molecule has 0 saturated heterocycles. The third-order valence-corrected chi connectivity index (χ3v) is 6.41. The lowest BCUT2D eigenvalue weighted by atomic mass is 9.97. The highest BCUT2D eigenvalue weighted by Gasteiger charge is 2.43. The van der Waals surface area contributed by atoms with Crippen LogP contribution in [-0.4, -0.2) is 22.4 Å². The predicted octanol–water partition coefficient (Wildman–Crippen LogP) is 5.73. The van der Waals surface area contributed by atoms with Crippen molar-refractivity contribution in [2.24, 2.45) is 0 Å². The van der Waals surface area contributed by atoms with Gasteiger partial charge in [-0.25, -0.2) is 0 Å². The number of hydrogen-bond donors (Lipinski definition) is 0. The highest BCUT2D eigenvalue weighted by atomic mass is 16.5. The van der Waals surface area contributed by atoms with Gasteiger partial charge in [-0.1, -0.05) is 37.6 Å². The normalized spacial score (nSPS) is 15.0. The van der Waals surface area contributed by atoms with E-state index in [1.165, 1.54) is 0 Å². The van der Waals surface area contributed by atoms with Gasteiger partial charge in [-0.2, -0.15) is 0 Å². The van der Waals surface area contributed by atoms with Gasteiger partial charge < -0.3 is 14.1 Å². The fraction of sp³-hybridized carbons (Fsp3) is 0.276. The first-order valence-electron chi connectivity index (χ1n) is 12.0. The smallest absolute Gasteiger partial charge is 0.291 e. The maximum absolute atomic E-state index is 13.9. The van der Waals surface area contributed by atoms with E-state index in [1.54, 1.807) is 17.3 Å². The molecule has 178 valence electrons. The summed E-state index contributed by atoms with van der Waals surface area (Å²) >= 11 is 0. The number of benzene rings is 2. The summed E-state index contributed by atoms with van der Waals surface area (Å²) in [5.74, 6) is 0.529. The van der Waals surface area contributed by atoms with E-state index in [-0.39, 0.29) is 17.1 Å². The topological polar surface area (TPSA) is 72.6 Å². The van der Waals surface area contributed by atoms with E-state index in [4.69, 9.17) is 9.15 Å². The molecule has 3 heterocycles. The summed E-state index contributed by atoms with van der Waals surface area (Å²) in [5, 5.41) is 0.498. The second kappa shape index (κ2) is 9.37. The molecule has 6 nitrogen and oxygen atoms in total. The molecule has 4 aromatic rings. The predicted molar refractivity (Wildman–Crippen MR) is 135 cm³/mol. The molecule has 0 radical (unpaired) electrons. The molecule has 1 aliphatic rings. The van der Waals surface area contributed by atoms with E-state index in [0.29, 0.717) is 29.7 Å². The molecule has 6 heteroatoms. The van der Waals surface area contributed by atoms with Gasteiger partial charge in [0.25, 0.3) is 5.91 Å². The molecule has 2 aromatic carbocycles. The zero-order valence-corrected chi connectivity index (χ0v) is 20.2. The number of aromatic nitrogens is 1. The number of amides is 1. The number of nitrogens with zero attached hydrogens (tertiary/aromatic N) is 2. The number of unbranched alkanes of at least 4 members (excludes halogenated alkanes) is 1. The van der Waals surface area contributed by atoms with Crippen molar-refractivity contribution in [3.8, 4) is 5.75 Å². The third kappa shape index (κ3) is 4.20. The van der Waals surface area contributed by atoms with Crippen LogP contribution in [-0.2, 0) is 6.54 Å². The van der Waals surface area contributed by atoms with Gasteiger partial charge in [0.1, 0.15) is 11.3 Å². The summed E-state index contributed by atoms with van der Waals surface area (Å²) in [4.78, 5) is 33.5. The molecule has 2 aromatic heterocycles. The molecule has 5 rings (SSSR count). The number of fused-ring (bicyclic) bond motifs is 2. The minimum Gasteiger partial charge on any atom is -0.494 e. The maximum Gasteiger partial charge on any atom is 0.291 e. The Hall–Kier alpha value is -3.93. The fourth-order valence-electron chi connectivity index (χ4n) is 4.78. The van der Waals surface area contributed by atoms with E-state index in [0.717, 1.165) is 40.8 Å². The highest BCUT2D eigenvalue weighted by molar-refractivity contribution is 5.99. The van der Waals surface area contributed by atoms with Crippen molar-refractivity contribution in [3.05, 3.63) is 105 Å². The van der Waals surface area contributed by atoms with Gasteiger partial charge in [0.05, 0.1) is 23.6 Å². The van der Waals surface area contributed by atoms with Crippen molar-refractivity contribution in [2.45, 2.75) is 46.2 Å². The number of carbonyl (C=O) groups excluding carboxylic acids is 1. The quantitative estimate of drug-likeness (QED) is 0.324. The SMILES string of the molecule is CCCCOc1cccc(C2c3c(oc4c(C)cc(C)cc4c3=O)C(=O)N2Cc2cccnc2)c1. The summed E-state index contributed by atoms with van der Waals surface area (Å²) in [6.45, 7) is 6.88. The van der Waals surface area contributed by atoms with Gasteiger partial charge in [-0.05, 0) is 66.8 Å². The van der Waals surface area contributed by atoms with Gasteiger partial charge >= 0.3 is 0 Å². The Morgan fingerprint density at radius 2 is 1.94 bits per heavy atom. The number of ether oxygens (including phenoxy) is 1. The first-order chi connectivity index (χ1) is 17.0. The number of pyridine rings is 1. The second-order valence-corrected chi connectivity index (χ2v) is 9.10. The van der Waals surface area contributed by atoms with Crippen molar-refractivity contribution in [1.29, 1.82) is 0 Å². The highest BCUT2D eigenvalue weighted by Crippen LogP contribution is 2.40. The van der Waals surface area contributed by atoms with Crippen LogP contribution < -0.4 is 10.2 Å². The summed E-state index contributed by atoms with van der Waals surface area (Å²) in [6.07, 6.45) is 5.42. The summed E-state index contributed by atoms with van der Waals surface area (Å²) < 4.78 is 12.1. The number of hydrogen-bond acceptors (Lipinski definition) is 5. The van der Waals surface area contributed by atoms with Crippen molar-refractivity contribution in [3.63, 3.8) is 0 Å². The molecule has 0 aliphatic carbocycles. The van der Waals surface area contributed by atoms with Crippen molar-refractivity contribution < 1.29 is 13.9 Å². The van der Waals surface area contributed by atoms with Crippen LogP contribution in [0.15, 0.2) is 70.1 Å². The minimum atomic E-state index is -0.589. The molecule has 1 atom stereocenters. The zero-order chi connectivity index (χ0) is 24.5. The van der Waals surface area contributed by atoms with Crippen LogP contribution in [0, 0.1) is 13.8 Å². The molecular weight excluding hydrogens is 440 g/mol. The Kier molecular flexibility index (Phi) is 6.12. The van der Waals surface area contributed by atoms with Crippen LogP contribution in [0.1, 0.15) is 64.2 Å². The van der Waals surface area contributed by atoms with Crippen molar-refractivity contribution in [2.75, 3.05) is 6.61 Å². The Morgan fingerprint density at radius 1 is 1.09 bits per heavy atom. The largest absolute Gasteiger partial charge is 0.494 e. The van der Waals surface area contributed by atoms with Gasteiger partial charge in [-0.15, -0.1) is 0 Å². The summed E-state index contributed by atoms with van der Waals surface area (Å²) in [7, 11) is 0. The standard InChI is InChI=1S/C29H28N2O4/c1-4-5-12-34-22-10-6-9-21(15-22)25-24-26(32)23-14-18(2)13-19(3)27(23)35-28(24)29(33)31(25)17-20-8-7-11-30-16-20/h6-11,13-16,25H,4-5,12,17H2,1-3H3. The lowest BCUT2D eigenvalue weighted by Gasteiger charge is -2.25. The van der Waals surface area contributed by atoms with Gasteiger partial charge in [-0.3, -0.25) is 14.6 Å². The van der Waals surface area contributed by atoms with Crippen LogP contribution >= 0.6 is 0 Å². The average molecular weight is 469 g/mol. The van der Waals surface area contributed by atoms with Crippen LogP contribution in [0.4, 0.5) is 0 Å². The Morgan fingerprint density at radius 3 is 2.71 bits per heavy atom. The average Bonchev–Trinajstić information content (AvgIpc) is 3.13. The molecule has 0 bridgehead atoms. The van der Waals surface area contributed by atoms with Gasteiger partial charge in [0, 0.05) is 18.9 Å². The molecule has 0 saturated carbocycles. The fourth-order valence-corrected chi connectivity index (χ4v) is 4.78. The number of aryl methyl sites for hydroxylation is 2. The van der Waals surface area contributed by atoms with Crippen LogP contribution in [0.2, 0.25) is 0 Å². The van der Waals surface area contributed by atoms with Gasteiger partial charge in [0.2, 0.25) is 5.76 Å². The third-order valence-electron chi connectivity index (χ3n) is 6.41. The molecule has 35 heavy (non-hydrogen) atoms. The van der Waals surface area contributed by atoms with E-state index in [9.17, 15) is 9.59 Å². The molecule has 0 spiro atoms. The molecule has 0 fully saturated rings. The van der Waals surface area contributed by atoms with E-state index in [2.05, 4.69) is 11.9 Å². The lowest BCUT2D eigenvalue weighted by molar-refractivity contribution is 0.0714. The minimum absolute atomic E-state index is 0.112. The Bertz CT molecular complexity index is 1460. The summed E-state index contributed by atoms with van der Waals surface area (Å²) in [5.41, 5.74) is 4.16. The monoisotopic (exact) mass is 468 g/mol. The second-order valence-electron chi connectivity index (χ2n) is 9.10. The zero-order valence-electron chi connectivity index (χ0n) is 20.2. The van der Waals surface area contributed by atoms with Crippen LogP contribution in [0.25, 0.3) is 11.0 Å². The van der Waals surface area contributed by atoms with E-state index >= 15 is 0 Å². The van der Waals surface area contributed by atoms with Crippen LogP contribution in [0.3, 0.4) is 0 Å². The lowest BCUT2D eigenvalue weighted by Crippen LogP contribution is -2.29. The first-order valence-corrected chi connectivity index (χ1v) is 12.0. The molecule has 1 amide bonds. The van der Waals surface area contributed by atoms with Crippen LogP contribution in [0.5, 0.6) is 5.75 Å². The Labute approximate surface area is 204 Å². The molecule has 1 aliphatic heterocycles. The molecule has 1 unspecified atom stereocenters. The van der Waals surface area contributed by atoms with E-state index < -0.39 is 6.04 Å². The maximum atomic E-state index is 13.9. The first kappa shape index (κ1) is 22.8. The van der Waals surface area contributed by atoms with Crippen molar-refractivity contribution in [1.82, 2.24) is 9.88 Å². The summed E-state index contributed by atoms with van der Waals surface area (Å²) in [6, 6.07) is 14.6. The number of rotatable bonds is 7. The molecular formula is C29H28N2O4. The Balaban J connectivity index is 1.68. The van der Waals surface area contributed by atoms with Crippen molar-refractivity contribution >= 4 is 16.9 Å².